The molecule has 0 atom stereocenters. The molecule has 4 aliphatic carbocycles. The Morgan fingerprint density at radius 2 is 1.79 bits per heavy atom. The van der Waals surface area contributed by atoms with Gasteiger partial charge in [-0.3, -0.25) is 10.2 Å². The van der Waals surface area contributed by atoms with E-state index in [4.69, 9.17) is 20.0 Å². The van der Waals surface area contributed by atoms with Crippen LogP contribution in [-0.2, 0) is 11.3 Å². The second-order valence-electron chi connectivity index (χ2n) is 12.9. The first kappa shape index (κ1) is 24.7. The molecule has 42 heavy (non-hydrogen) atoms. The minimum Gasteiger partial charge on any atom is -0.454 e. The fraction of sp³-hybridized carbons (Fsp3) is 0.394. The molecule has 4 bridgehead atoms. The van der Waals surface area contributed by atoms with Crippen LogP contribution < -0.4 is 9.47 Å². The van der Waals surface area contributed by atoms with E-state index in [1.807, 2.05) is 30.3 Å². The van der Waals surface area contributed by atoms with Crippen molar-refractivity contribution in [1.82, 2.24) is 9.58 Å². The maximum atomic E-state index is 13.4. The lowest BCUT2D eigenvalue weighted by Crippen LogP contribution is -2.49. The highest BCUT2D eigenvalue weighted by Gasteiger charge is 2.55. The first-order valence-electron chi connectivity index (χ1n) is 14.9. The van der Waals surface area contributed by atoms with Crippen molar-refractivity contribution in [3.05, 3.63) is 64.9 Å². The average Bonchev–Trinajstić information content (AvgIpc) is 3.68. The van der Waals surface area contributed by atoms with Crippen molar-refractivity contribution in [2.45, 2.75) is 52.0 Å². The third kappa shape index (κ3) is 3.62. The number of fused-ring (bicyclic) bond motifs is 3. The van der Waals surface area contributed by atoms with E-state index in [-0.39, 0.29) is 29.5 Å². The highest BCUT2D eigenvalue weighted by molar-refractivity contribution is 8.27. The SMILES string of the molecule is Cc1c(/C=C2/C(=N)N3N=C(C45CC6CC(CC(C6)C4)C5)SC3=NC2=O)c2ccccc2n1Cc1ccc2c(c1)OCO2. The van der Waals surface area contributed by atoms with Crippen molar-refractivity contribution in [3.63, 3.8) is 0 Å². The maximum Gasteiger partial charge on any atom is 0.283 e. The van der Waals surface area contributed by atoms with Crippen LogP contribution in [-0.4, -0.2) is 38.3 Å². The second kappa shape index (κ2) is 8.83. The van der Waals surface area contributed by atoms with Gasteiger partial charge in [-0.25, -0.2) is 0 Å². The standard InChI is InChI=1S/C33H31N5O3S/c1-18-24(23-4-2-3-5-26(23)37(18)16-19-6-7-27-28(11-19)41-17-40-27)12-25-29(34)38-32(35-30(25)39)42-31(36-38)33-13-20-8-21(14-33)10-22(9-20)15-33/h2-7,11-12,20-22,34H,8-10,13-17H2,1H3/b25-12-,34-29?. The monoisotopic (exact) mass is 577 g/mol. The Labute approximate surface area is 248 Å². The van der Waals surface area contributed by atoms with Gasteiger partial charge in [0.1, 0.15) is 5.04 Å². The van der Waals surface area contributed by atoms with Crippen LogP contribution in [0.1, 0.15) is 55.3 Å². The number of para-hydroxylation sites is 1. The van der Waals surface area contributed by atoms with Gasteiger partial charge in [-0.05, 0) is 105 Å². The topological polar surface area (TPSA) is 92.3 Å². The average molecular weight is 578 g/mol. The van der Waals surface area contributed by atoms with Crippen LogP contribution in [0.3, 0.4) is 0 Å². The van der Waals surface area contributed by atoms with Crippen LogP contribution in [0.2, 0.25) is 0 Å². The molecule has 10 rings (SSSR count). The molecule has 0 unspecified atom stereocenters. The summed E-state index contributed by atoms with van der Waals surface area (Å²) in [5, 5.41) is 18.4. The molecular weight excluding hydrogens is 546 g/mol. The summed E-state index contributed by atoms with van der Waals surface area (Å²) in [6, 6.07) is 14.2. The molecule has 7 aliphatic rings. The zero-order valence-electron chi connectivity index (χ0n) is 23.4. The van der Waals surface area contributed by atoms with E-state index < -0.39 is 0 Å². The van der Waals surface area contributed by atoms with Crippen LogP contribution in [0.15, 0.2) is 58.1 Å². The summed E-state index contributed by atoms with van der Waals surface area (Å²) in [6.45, 7) is 2.96. The first-order chi connectivity index (χ1) is 20.4. The maximum absolute atomic E-state index is 13.4. The van der Waals surface area contributed by atoms with E-state index in [0.29, 0.717) is 11.7 Å². The fourth-order valence-electron chi connectivity index (χ4n) is 8.79. The Hall–Kier alpha value is -3.85. The lowest BCUT2D eigenvalue weighted by Gasteiger charge is -2.56. The number of amides is 1. The number of rotatable bonds is 4. The van der Waals surface area contributed by atoms with Gasteiger partial charge in [-0.1, -0.05) is 24.3 Å². The number of hydrogen-bond donors (Lipinski definition) is 1. The number of aromatic nitrogens is 1. The predicted octanol–water partition coefficient (Wildman–Crippen LogP) is 6.56. The van der Waals surface area contributed by atoms with Gasteiger partial charge in [0.15, 0.2) is 17.3 Å². The minimum atomic E-state index is -0.368. The van der Waals surface area contributed by atoms with Gasteiger partial charge in [0, 0.05) is 34.1 Å². The fourth-order valence-corrected chi connectivity index (χ4v) is 9.90. The number of amidine groups is 2. The number of benzene rings is 2. The summed E-state index contributed by atoms with van der Waals surface area (Å²) in [6.07, 6.45) is 9.52. The minimum absolute atomic E-state index is 0.102. The molecule has 9 heteroatoms. The summed E-state index contributed by atoms with van der Waals surface area (Å²) in [7, 11) is 0. The zero-order chi connectivity index (χ0) is 28.2. The Balaban J connectivity index is 1.07. The summed E-state index contributed by atoms with van der Waals surface area (Å²) in [5.74, 6) is 3.67. The lowest BCUT2D eigenvalue weighted by molar-refractivity contribution is -0.114. The van der Waals surface area contributed by atoms with Gasteiger partial charge in [0.2, 0.25) is 12.0 Å². The van der Waals surface area contributed by atoms with Gasteiger partial charge in [0.25, 0.3) is 5.91 Å². The van der Waals surface area contributed by atoms with Gasteiger partial charge < -0.3 is 14.0 Å². The number of thioether (sulfide) groups is 1. The Bertz CT molecular complexity index is 1780. The molecule has 0 saturated heterocycles. The van der Waals surface area contributed by atoms with Crippen molar-refractivity contribution < 1.29 is 14.3 Å². The molecule has 8 nitrogen and oxygen atoms in total. The highest BCUT2D eigenvalue weighted by atomic mass is 32.2. The number of aliphatic imine (C=N–C) groups is 1. The molecule has 4 fully saturated rings. The number of hydrogen-bond acceptors (Lipinski definition) is 6. The molecule has 2 aromatic carbocycles. The summed E-state index contributed by atoms with van der Waals surface area (Å²) < 4.78 is 13.3. The largest absolute Gasteiger partial charge is 0.454 e. The van der Waals surface area contributed by atoms with Crippen LogP contribution in [0, 0.1) is 35.5 Å². The molecular formula is C33H31N5O3S. The molecule has 1 aromatic heterocycles. The normalized spacial score (nSPS) is 30.0. The van der Waals surface area contributed by atoms with Crippen molar-refractivity contribution in [3.8, 4) is 11.5 Å². The van der Waals surface area contributed by atoms with E-state index in [0.717, 1.165) is 62.0 Å². The molecule has 4 saturated carbocycles. The smallest absolute Gasteiger partial charge is 0.283 e. The molecule has 3 aromatic rings. The molecule has 0 radical (unpaired) electrons. The quantitative estimate of drug-likeness (QED) is 0.355. The lowest BCUT2D eigenvalue weighted by atomic mass is 9.50. The second-order valence-corrected chi connectivity index (χ2v) is 13.9. The van der Waals surface area contributed by atoms with Crippen LogP contribution in [0.25, 0.3) is 17.0 Å². The third-order valence-electron chi connectivity index (χ3n) is 10.3. The van der Waals surface area contributed by atoms with Crippen molar-refractivity contribution in [1.29, 1.82) is 5.41 Å². The highest BCUT2D eigenvalue weighted by Crippen LogP contribution is 2.62. The molecule has 0 spiro atoms. The van der Waals surface area contributed by atoms with E-state index in [1.165, 1.54) is 50.3 Å². The van der Waals surface area contributed by atoms with Gasteiger partial charge in [-0.15, -0.1) is 0 Å². The first-order valence-corrected chi connectivity index (χ1v) is 15.7. The van der Waals surface area contributed by atoms with Crippen molar-refractivity contribution in [2.75, 3.05) is 6.79 Å². The van der Waals surface area contributed by atoms with Crippen molar-refractivity contribution in [2.24, 2.45) is 33.3 Å². The van der Waals surface area contributed by atoms with E-state index in [1.54, 1.807) is 5.01 Å². The zero-order valence-corrected chi connectivity index (χ0v) is 24.2. The van der Waals surface area contributed by atoms with Gasteiger partial charge in [0.05, 0.1) is 5.57 Å². The summed E-state index contributed by atoms with van der Waals surface area (Å²) in [5.41, 5.74) is 4.49. The molecule has 1 amide bonds. The third-order valence-corrected chi connectivity index (χ3v) is 11.4. The van der Waals surface area contributed by atoms with E-state index >= 15 is 0 Å². The Kier molecular flexibility index (Phi) is 5.20. The van der Waals surface area contributed by atoms with Gasteiger partial charge in [-0.2, -0.15) is 15.1 Å². The molecule has 4 heterocycles. The predicted molar refractivity (Wildman–Crippen MR) is 164 cm³/mol. The van der Waals surface area contributed by atoms with Crippen molar-refractivity contribution >= 4 is 50.7 Å². The summed E-state index contributed by atoms with van der Waals surface area (Å²) in [4.78, 5) is 17.9. The van der Waals surface area contributed by atoms with E-state index in [2.05, 4.69) is 34.7 Å². The number of carbonyl (C=O) groups excluding carboxylic acids is 1. The molecule has 212 valence electrons. The molecule has 3 aliphatic heterocycles. The number of hydrazone groups is 1. The van der Waals surface area contributed by atoms with E-state index in [9.17, 15) is 4.79 Å². The van der Waals surface area contributed by atoms with Gasteiger partial charge >= 0.3 is 0 Å². The number of nitrogens with one attached hydrogen (secondary N) is 1. The number of carbonyl (C=O) groups is 1. The molecule has 1 N–H and O–H groups in total. The Morgan fingerprint density at radius 1 is 1.05 bits per heavy atom. The number of nitrogens with zero attached hydrogens (tertiary/aromatic N) is 4. The van der Waals surface area contributed by atoms with Crippen LogP contribution in [0.5, 0.6) is 11.5 Å². The van der Waals surface area contributed by atoms with Crippen LogP contribution >= 0.6 is 11.8 Å². The van der Waals surface area contributed by atoms with Crippen LogP contribution in [0.4, 0.5) is 0 Å². The Morgan fingerprint density at radius 3 is 2.57 bits per heavy atom. The summed E-state index contributed by atoms with van der Waals surface area (Å²) >= 11 is 1.53. The number of ether oxygens (including phenoxy) is 2.